The van der Waals surface area contributed by atoms with Gasteiger partial charge in [-0.15, -0.1) is 11.8 Å². The number of rotatable bonds is 7. The van der Waals surface area contributed by atoms with Gasteiger partial charge in [0.15, 0.2) is 0 Å². The third-order valence-electron chi connectivity index (χ3n) is 4.13. The summed E-state index contributed by atoms with van der Waals surface area (Å²) in [7, 11) is 0. The van der Waals surface area contributed by atoms with Gasteiger partial charge in [-0.2, -0.15) is 0 Å². The lowest BCUT2D eigenvalue weighted by molar-refractivity contribution is -0.119. The fourth-order valence-corrected chi connectivity index (χ4v) is 3.72. The van der Waals surface area contributed by atoms with E-state index in [0.29, 0.717) is 39.8 Å². The molecule has 0 unspecified atom stereocenters. The lowest BCUT2D eigenvalue weighted by atomic mass is 10.1. The van der Waals surface area contributed by atoms with Crippen molar-refractivity contribution in [3.8, 4) is 5.75 Å². The molecule has 0 fully saturated rings. The van der Waals surface area contributed by atoms with Crippen LogP contribution in [-0.4, -0.2) is 35.9 Å². The molecule has 1 aliphatic rings. The Bertz CT molecular complexity index is 872. The Kier molecular flexibility index (Phi) is 5.98. The lowest BCUT2D eigenvalue weighted by Gasteiger charge is -2.15. The third-order valence-corrected chi connectivity index (χ3v) is 5.18. The Morgan fingerprint density at radius 1 is 1.00 bits per heavy atom. The highest BCUT2D eigenvalue weighted by Crippen LogP contribution is 2.38. The Morgan fingerprint density at radius 3 is 2.26 bits per heavy atom. The molecule has 3 rings (SSSR count). The van der Waals surface area contributed by atoms with Crippen molar-refractivity contribution in [2.45, 2.75) is 13.8 Å². The molecule has 27 heavy (non-hydrogen) atoms. The zero-order chi connectivity index (χ0) is 19.4. The highest BCUT2D eigenvalue weighted by Gasteiger charge is 2.40. The number of imide groups is 1. The Hall–Kier alpha value is -2.57. The molecule has 140 valence electrons. The molecule has 0 saturated carbocycles. The van der Waals surface area contributed by atoms with Crippen LogP contribution in [0.5, 0.6) is 5.75 Å². The third kappa shape index (κ3) is 3.91. The summed E-state index contributed by atoms with van der Waals surface area (Å²) in [5.74, 6) is 0.342. The second-order valence-electron chi connectivity index (χ2n) is 6.01. The first-order valence-corrected chi connectivity index (χ1v) is 9.72. The van der Waals surface area contributed by atoms with E-state index in [9.17, 15) is 14.7 Å². The maximum Gasteiger partial charge on any atom is 0.272 e. The first-order chi connectivity index (χ1) is 13.1. The summed E-state index contributed by atoms with van der Waals surface area (Å²) in [4.78, 5) is 27.7. The lowest BCUT2D eigenvalue weighted by Crippen LogP contribution is -2.31. The molecular weight excluding hydrogens is 362 g/mol. The van der Waals surface area contributed by atoms with Crippen molar-refractivity contribution < 1.29 is 19.4 Å². The van der Waals surface area contributed by atoms with Crippen molar-refractivity contribution in [3.05, 3.63) is 64.6 Å². The molecule has 2 aromatic carbocycles. The molecule has 0 radical (unpaired) electrons. The van der Waals surface area contributed by atoms with E-state index in [1.54, 1.807) is 36.4 Å². The van der Waals surface area contributed by atoms with Crippen LogP contribution >= 0.6 is 11.8 Å². The first kappa shape index (κ1) is 19.2. The summed E-state index contributed by atoms with van der Waals surface area (Å²) in [6.07, 6.45) is 0. The van der Waals surface area contributed by atoms with Gasteiger partial charge in [-0.3, -0.25) is 9.59 Å². The smallest absolute Gasteiger partial charge is 0.272 e. The molecule has 0 aromatic heterocycles. The molecule has 5 nitrogen and oxygen atoms in total. The molecule has 0 saturated heterocycles. The molecule has 1 N–H and O–H groups in total. The van der Waals surface area contributed by atoms with Gasteiger partial charge in [-0.1, -0.05) is 29.8 Å². The topological polar surface area (TPSA) is 66.8 Å². The van der Waals surface area contributed by atoms with Gasteiger partial charge in [-0.25, -0.2) is 4.90 Å². The number of amides is 2. The van der Waals surface area contributed by atoms with Gasteiger partial charge in [0.2, 0.25) is 0 Å². The normalized spacial score (nSPS) is 14.3. The molecule has 0 aliphatic carbocycles. The monoisotopic (exact) mass is 383 g/mol. The van der Waals surface area contributed by atoms with E-state index in [1.807, 2.05) is 26.0 Å². The molecule has 0 atom stereocenters. The van der Waals surface area contributed by atoms with Crippen molar-refractivity contribution in [1.29, 1.82) is 0 Å². The van der Waals surface area contributed by atoms with Crippen molar-refractivity contribution in [2.75, 3.05) is 23.9 Å². The largest absolute Gasteiger partial charge is 0.494 e. The van der Waals surface area contributed by atoms with E-state index in [0.717, 1.165) is 5.56 Å². The van der Waals surface area contributed by atoms with Crippen LogP contribution in [0, 0.1) is 6.92 Å². The fraction of sp³-hybridized carbons (Fsp3) is 0.238. The van der Waals surface area contributed by atoms with Gasteiger partial charge >= 0.3 is 0 Å². The van der Waals surface area contributed by atoms with Gasteiger partial charge < -0.3 is 9.84 Å². The minimum Gasteiger partial charge on any atom is -0.494 e. The number of anilines is 1. The van der Waals surface area contributed by atoms with Crippen molar-refractivity contribution >= 4 is 34.8 Å². The minimum absolute atomic E-state index is 0.0727. The average molecular weight is 383 g/mol. The maximum absolute atomic E-state index is 13.1. The number of nitrogens with zero attached hydrogens (tertiary/aromatic N) is 1. The number of hydrogen-bond acceptors (Lipinski definition) is 5. The highest BCUT2D eigenvalue weighted by atomic mass is 32.2. The van der Waals surface area contributed by atoms with Crippen LogP contribution in [-0.2, 0) is 9.59 Å². The summed E-state index contributed by atoms with van der Waals surface area (Å²) >= 11 is 1.20. The van der Waals surface area contributed by atoms with E-state index < -0.39 is 0 Å². The van der Waals surface area contributed by atoms with Gasteiger partial charge in [0, 0.05) is 5.75 Å². The van der Waals surface area contributed by atoms with Crippen LogP contribution in [0.25, 0.3) is 5.57 Å². The predicted octanol–water partition coefficient (Wildman–Crippen LogP) is 3.40. The molecular formula is C21H21NO4S. The number of aryl methyl sites for hydroxylation is 1. The molecule has 2 amide bonds. The van der Waals surface area contributed by atoms with Crippen LogP contribution in [0.1, 0.15) is 18.1 Å². The summed E-state index contributed by atoms with van der Waals surface area (Å²) in [5, 5.41) is 9.17. The molecule has 0 bridgehead atoms. The van der Waals surface area contributed by atoms with Crippen LogP contribution in [0.3, 0.4) is 0 Å². The number of carbonyl (C=O) groups is 2. The van der Waals surface area contributed by atoms with Gasteiger partial charge in [-0.05, 0) is 43.7 Å². The van der Waals surface area contributed by atoms with E-state index in [1.165, 1.54) is 16.7 Å². The quantitative estimate of drug-likeness (QED) is 0.742. The van der Waals surface area contributed by atoms with Gasteiger partial charge in [0.25, 0.3) is 11.8 Å². The molecule has 6 heteroatoms. The zero-order valence-electron chi connectivity index (χ0n) is 15.3. The second-order valence-corrected chi connectivity index (χ2v) is 7.12. The van der Waals surface area contributed by atoms with Gasteiger partial charge in [0.05, 0.1) is 29.4 Å². The van der Waals surface area contributed by atoms with Crippen molar-refractivity contribution in [2.24, 2.45) is 0 Å². The van der Waals surface area contributed by atoms with E-state index in [4.69, 9.17) is 4.74 Å². The Balaban J connectivity index is 2.01. The molecule has 1 heterocycles. The number of thioether (sulfide) groups is 1. The molecule has 0 spiro atoms. The molecule has 1 aliphatic heterocycles. The van der Waals surface area contributed by atoms with Crippen molar-refractivity contribution in [1.82, 2.24) is 0 Å². The summed E-state index contributed by atoms with van der Waals surface area (Å²) in [5.41, 5.74) is 2.61. The Labute approximate surface area is 162 Å². The van der Waals surface area contributed by atoms with E-state index >= 15 is 0 Å². The van der Waals surface area contributed by atoms with E-state index in [-0.39, 0.29) is 18.4 Å². The summed E-state index contributed by atoms with van der Waals surface area (Å²) < 4.78 is 5.45. The number of hydrogen-bond donors (Lipinski definition) is 1. The first-order valence-electron chi connectivity index (χ1n) is 8.73. The predicted molar refractivity (Wildman–Crippen MR) is 108 cm³/mol. The number of aliphatic hydroxyl groups excluding tert-OH is 1. The van der Waals surface area contributed by atoms with E-state index in [2.05, 4.69) is 0 Å². The van der Waals surface area contributed by atoms with Crippen LogP contribution in [0.2, 0.25) is 0 Å². The maximum atomic E-state index is 13.1. The second kappa shape index (κ2) is 8.41. The van der Waals surface area contributed by atoms with Crippen LogP contribution < -0.4 is 9.64 Å². The summed E-state index contributed by atoms with van der Waals surface area (Å²) in [6.45, 7) is 4.33. The minimum atomic E-state index is -0.355. The van der Waals surface area contributed by atoms with Crippen LogP contribution in [0.4, 0.5) is 5.69 Å². The Morgan fingerprint density at radius 2 is 1.67 bits per heavy atom. The number of benzene rings is 2. The van der Waals surface area contributed by atoms with Gasteiger partial charge in [0.1, 0.15) is 5.75 Å². The average Bonchev–Trinajstić information content (AvgIpc) is 2.92. The SMILES string of the molecule is CCOc1ccc(C2=C(SCCO)C(=O)N(c3ccc(C)cc3)C2=O)cc1. The highest BCUT2D eigenvalue weighted by molar-refractivity contribution is 8.04. The zero-order valence-corrected chi connectivity index (χ0v) is 16.1. The fourth-order valence-electron chi connectivity index (χ4n) is 2.86. The van der Waals surface area contributed by atoms with Crippen LogP contribution in [0.15, 0.2) is 53.4 Å². The number of aliphatic hydroxyl groups is 1. The number of ether oxygens (including phenoxy) is 1. The molecule has 2 aromatic rings. The number of carbonyl (C=O) groups excluding carboxylic acids is 2. The standard InChI is InChI=1S/C21H21NO4S/c1-3-26-17-10-6-15(7-11-17)18-19(27-13-12-23)21(25)22(20(18)24)16-8-4-14(2)5-9-16/h4-11,23H,3,12-13H2,1-2H3. The summed E-state index contributed by atoms with van der Waals surface area (Å²) in [6, 6.07) is 14.4. The van der Waals surface area contributed by atoms with Crippen molar-refractivity contribution in [3.63, 3.8) is 0 Å².